The summed E-state index contributed by atoms with van der Waals surface area (Å²) >= 11 is 0. The molecule has 4 nitrogen and oxygen atoms in total. The molecule has 1 heterocycles. The third-order valence-corrected chi connectivity index (χ3v) is 2.55. The number of carbonyl (C=O) groups is 1. The van der Waals surface area contributed by atoms with Crippen LogP contribution in [0.15, 0.2) is 18.2 Å². The van der Waals surface area contributed by atoms with E-state index >= 15 is 0 Å². The van der Waals surface area contributed by atoms with Gasteiger partial charge in [-0.05, 0) is 18.6 Å². The Hall–Kier alpha value is -1.24. The van der Waals surface area contributed by atoms with Gasteiger partial charge in [-0.25, -0.2) is 8.78 Å². The van der Waals surface area contributed by atoms with Crippen LogP contribution in [-0.4, -0.2) is 29.7 Å². The maximum atomic E-state index is 12.9. The first-order valence-corrected chi connectivity index (χ1v) is 5.23. The Bertz CT molecular complexity index is 425. The number of carbonyl (C=O) groups excluding carboxylic acids is 1. The molecule has 100 valence electrons. The van der Waals surface area contributed by atoms with Crippen LogP contribution in [0.1, 0.15) is 6.42 Å². The molecule has 1 aliphatic heterocycles. The van der Waals surface area contributed by atoms with Gasteiger partial charge in [0, 0.05) is 18.3 Å². The van der Waals surface area contributed by atoms with Gasteiger partial charge in [0.15, 0.2) is 0 Å². The normalized spacial score (nSPS) is 22.4. The molecule has 0 aliphatic carbocycles. The van der Waals surface area contributed by atoms with E-state index in [1.807, 2.05) is 0 Å². The number of aliphatic hydroxyl groups excluding tert-OH is 1. The summed E-state index contributed by atoms with van der Waals surface area (Å²) in [5.74, 6) is -1.91. The van der Waals surface area contributed by atoms with Crippen LogP contribution in [0.2, 0.25) is 0 Å². The molecule has 1 amide bonds. The van der Waals surface area contributed by atoms with Gasteiger partial charge in [-0.15, -0.1) is 12.4 Å². The fourth-order valence-corrected chi connectivity index (χ4v) is 1.77. The molecule has 1 saturated heterocycles. The fraction of sp³-hybridized carbons (Fsp3) is 0.364. The van der Waals surface area contributed by atoms with Crippen LogP contribution in [-0.2, 0) is 4.79 Å². The Morgan fingerprint density at radius 1 is 1.33 bits per heavy atom. The van der Waals surface area contributed by atoms with Crippen LogP contribution in [0.4, 0.5) is 14.5 Å². The minimum absolute atomic E-state index is 0. The van der Waals surface area contributed by atoms with E-state index in [1.165, 1.54) is 0 Å². The number of aliphatic hydroxyl groups is 1. The summed E-state index contributed by atoms with van der Waals surface area (Å²) in [6, 6.07) is 2.27. The minimum atomic E-state index is -0.750. The molecule has 0 saturated carbocycles. The summed E-state index contributed by atoms with van der Waals surface area (Å²) < 4.78 is 25.7. The number of β-amino-alcohol motifs (C(OH)–C–C–N with tert-alkyl or cyclic N) is 1. The molecule has 1 aliphatic rings. The van der Waals surface area contributed by atoms with Crippen LogP contribution in [0.5, 0.6) is 0 Å². The van der Waals surface area contributed by atoms with Gasteiger partial charge in [0.1, 0.15) is 11.6 Å². The maximum absolute atomic E-state index is 12.9. The minimum Gasteiger partial charge on any atom is -0.392 e. The highest BCUT2D eigenvalue weighted by molar-refractivity contribution is 5.95. The highest BCUT2D eigenvalue weighted by Crippen LogP contribution is 2.14. The van der Waals surface area contributed by atoms with Crippen LogP contribution in [0.25, 0.3) is 0 Å². The molecule has 18 heavy (non-hydrogen) atoms. The topological polar surface area (TPSA) is 61.4 Å². The van der Waals surface area contributed by atoms with Gasteiger partial charge < -0.3 is 15.7 Å². The third kappa shape index (κ3) is 3.63. The van der Waals surface area contributed by atoms with Gasteiger partial charge in [-0.2, -0.15) is 0 Å². The van der Waals surface area contributed by atoms with Crippen molar-refractivity contribution in [3.63, 3.8) is 0 Å². The average molecular weight is 279 g/mol. The molecular weight excluding hydrogens is 266 g/mol. The molecule has 1 aromatic rings. The Labute approximate surface area is 109 Å². The molecule has 1 aromatic carbocycles. The van der Waals surface area contributed by atoms with Gasteiger partial charge in [0.05, 0.1) is 12.1 Å². The van der Waals surface area contributed by atoms with E-state index in [2.05, 4.69) is 10.6 Å². The molecule has 7 heteroatoms. The molecule has 0 bridgehead atoms. The quantitative estimate of drug-likeness (QED) is 0.758. The van der Waals surface area contributed by atoms with E-state index < -0.39 is 29.7 Å². The van der Waals surface area contributed by atoms with Gasteiger partial charge in [0.25, 0.3) is 0 Å². The number of halogens is 3. The summed E-state index contributed by atoms with van der Waals surface area (Å²) in [4.78, 5) is 11.7. The number of anilines is 1. The summed E-state index contributed by atoms with van der Waals surface area (Å²) in [5.41, 5.74) is 0.0655. The molecule has 1 fully saturated rings. The van der Waals surface area contributed by atoms with Gasteiger partial charge >= 0.3 is 0 Å². The lowest BCUT2D eigenvalue weighted by atomic mass is 10.2. The summed E-state index contributed by atoms with van der Waals surface area (Å²) in [6.45, 7) is 0.343. The Morgan fingerprint density at radius 3 is 2.44 bits per heavy atom. The van der Waals surface area contributed by atoms with E-state index in [-0.39, 0.29) is 18.1 Å². The summed E-state index contributed by atoms with van der Waals surface area (Å²) in [6.07, 6.45) is -0.265. The highest BCUT2D eigenvalue weighted by atomic mass is 35.5. The largest absolute Gasteiger partial charge is 0.392 e. The van der Waals surface area contributed by atoms with Gasteiger partial charge in [-0.3, -0.25) is 4.79 Å². The number of amides is 1. The molecular formula is C11H13ClF2N2O2. The van der Waals surface area contributed by atoms with Crippen molar-refractivity contribution < 1.29 is 18.7 Å². The lowest BCUT2D eigenvalue weighted by Gasteiger charge is -2.11. The fourth-order valence-electron chi connectivity index (χ4n) is 1.77. The van der Waals surface area contributed by atoms with E-state index in [4.69, 9.17) is 0 Å². The zero-order chi connectivity index (χ0) is 12.4. The third-order valence-electron chi connectivity index (χ3n) is 2.55. The molecule has 0 aromatic heterocycles. The van der Waals surface area contributed by atoms with Crippen LogP contribution in [0, 0.1) is 11.6 Å². The molecule has 2 unspecified atom stereocenters. The van der Waals surface area contributed by atoms with Crippen LogP contribution >= 0.6 is 12.4 Å². The predicted octanol–water partition coefficient (Wildman–Crippen LogP) is 1.05. The smallest absolute Gasteiger partial charge is 0.241 e. The van der Waals surface area contributed by atoms with Crippen LogP contribution in [0.3, 0.4) is 0 Å². The Balaban J connectivity index is 0.00000162. The zero-order valence-corrected chi connectivity index (χ0v) is 10.1. The van der Waals surface area contributed by atoms with Gasteiger partial charge in [-0.1, -0.05) is 0 Å². The van der Waals surface area contributed by atoms with Crippen molar-refractivity contribution in [3.05, 3.63) is 29.8 Å². The maximum Gasteiger partial charge on any atom is 0.241 e. The monoisotopic (exact) mass is 278 g/mol. The molecule has 0 spiro atoms. The van der Waals surface area contributed by atoms with Crippen molar-refractivity contribution >= 4 is 24.0 Å². The standard InChI is InChI=1S/C11H12F2N2O2.ClH/c12-6-1-7(13)3-8(2-6)15-11(17)10-4-9(16)5-14-10;/h1-3,9-10,14,16H,4-5H2,(H,15,17);1H. The van der Waals surface area contributed by atoms with Crippen molar-refractivity contribution in [2.75, 3.05) is 11.9 Å². The lowest BCUT2D eigenvalue weighted by molar-refractivity contribution is -0.117. The van der Waals surface area contributed by atoms with Crippen LogP contribution < -0.4 is 10.6 Å². The summed E-state index contributed by atoms with van der Waals surface area (Å²) in [7, 11) is 0. The number of hydrogen-bond donors (Lipinski definition) is 3. The number of benzene rings is 1. The van der Waals surface area contributed by atoms with Crippen molar-refractivity contribution in [2.24, 2.45) is 0 Å². The average Bonchev–Trinajstić information content (AvgIpc) is 2.63. The first-order valence-electron chi connectivity index (χ1n) is 5.23. The highest BCUT2D eigenvalue weighted by Gasteiger charge is 2.28. The Morgan fingerprint density at radius 2 is 1.94 bits per heavy atom. The SMILES string of the molecule is Cl.O=C(Nc1cc(F)cc(F)c1)C1CC(O)CN1. The van der Waals surface area contributed by atoms with Crippen molar-refractivity contribution in [1.82, 2.24) is 5.32 Å². The van der Waals surface area contributed by atoms with Crippen molar-refractivity contribution in [2.45, 2.75) is 18.6 Å². The molecule has 2 atom stereocenters. The first kappa shape index (κ1) is 14.8. The second-order valence-electron chi connectivity index (χ2n) is 4.00. The Kier molecular flexibility index (Phi) is 5.01. The van der Waals surface area contributed by atoms with Crippen molar-refractivity contribution in [3.8, 4) is 0 Å². The first-order chi connectivity index (χ1) is 8.04. The molecule has 2 rings (SSSR count). The van der Waals surface area contributed by atoms with Crippen molar-refractivity contribution in [1.29, 1.82) is 0 Å². The molecule has 0 radical (unpaired) electrons. The van der Waals surface area contributed by atoms with E-state index in [9.17, 15) is 18.7 Å². The zero-order valence-electron chi connectivity index (χ0n) is 9.32. The second-order valence-corrected chi connectivity index (χ2v) is 4.00. The number of hydrogen-bond acceptors (Lipinski definition) is 3. The lowest BCUT2D eigenvalue weighted by Crippen LogP contribution is -2.35. The predicted molar refractivity (Wildman–Crippen MR) is 64.7 cm³/mol. The number of rotatable bonds is 2. The summed E-state index contributed by atoms with van der Waals surface area (Å²) in [5, 5.41) is 14.4. The van der Waals surface area contributed by atoms with E-state index in [0.29, 0.717) is 13.0 Å². The second kappa shape index (κ2) is 6.08. The molecule has 3 N–H and O–H groups in total. The van der Waals surface area contributed by atoms with Gasteiger partial charge in [0.2, 0.25) is 5.91 Å². The van der Waals surface area contributed by atoms with E-state index in [1.54, 1.807) is 0 Å². The number of nitrogens with one attached hydrogen (secondary N) is 2. The van der Waals surface area contributed by atoms with E-state index in [0.717, 1.165) is 18.2 Å².